The van der Waals surface area contributed by atoms with Gasteiger partial charge in [-0.3, -0.25) is 14.4 Å². The highest BCUT2D eigenvalue weighted by Crippen LogP contribution is 2.38. The molecule has 2 amide bonds. The first kappa shape index (κ1) is 15.4. The summed E-state index contributed by atoms with van der Waals surface area (Å²) in [6, 6.07) is 0. The van der Waals surface area contributed by atoms with Crippen LogP contribution in [-0.4, -0.2) is 40.6 Å². The van der Waals surface area contributed by atoms with Gasteiger partial charge in [0.25, 0.3) is 0 Å². The van der Waals surface area contributed by atoms with Gasteiger partial charge in [0, 0.05) is 0 Å². The van der Waals surface area contributed by atoms with Crippen LogP contribution in [-0.2, 0) is 14.4 Å². The molecule has 7 heteroatoms. The summed E-state index contributed by atoms with van der Waals surface area (Å²) in [5, 5.41) is 20.7. The highest BCUT2D eigenvalue weighted by atomic mass is 16.4. The fourth-order valence-corrected chi connectivity index (χ4v) is 2.47. The van der Waals surface area contributed by atoms with Gasteiger partial charge < -0.3 is 21.3 Å². The van der Waals surface area contributed by atoms with Crippen molar-refractivity contribution in [2.24, 2.45) is 23.5 Å². The van der Waals surface area contributed by atoms with Gasteiger partial charge in [0.2, 0.25) is 11.8 Å². The van der Waals surface area contributed by atoms with Crippen molar-refractivity contribution < 1.29 is 24.6 Å². The SMILES string of the molecule is CCC1CC(C(=O)O)C(C(=O)NCC(O)C(N)=O)C1. The van der Waals surface area contributed by atoms with Gasteiger partial charge in [0.15, 0.2) is 0 Å². The number of hydrogen-bond acceptors (Lipinski definition) is 4. The Hall–Kier alpha value is -1.63. The number of primary amides is 1. The van der Waals surface area contributed by atoms with E-state index in [1.54, 1.807) is 0 Å². The third kappa shape index (κ3) is 3.92. The van der Waals surface area contributed by atoms with Gasteiger partial charge in [-0.2, -0.15) is 0 Å². The molecule has 0 radical (unpaired) electrons. The van der Waals surface area contributed by atoms with Crippen molar-refractivity contribution in [3.8, 4) is 0 Å². The first-order chi connectivity index (χ1) is 8.86. The number of aliphatic hydroxyl groups is 1. The summed E-state index contributed by atoms with van der Waals surface area (Å²) in [5.74, 6) is -3.43. The zero-order chi connectivity index (χ0) is 14.6. The van der Waals surface area contributed by atoms with Gasteiger partial charge in [0.1, 0.15) is 6.10 Å². The standard InChI is InChI=1S/C12H20N2O5/c1-2-6-3-7(8(4-6)12(18)19)11(17)14-5-9(15)10(13)16/h6-9,15H,2-5H2,1H3,(H2,13,16)(H,14,17)(H,18,19). The highest BCUT2D eigenvalue weighted by molar-refractivity contribution is 5.86. The number of carboxylic acid groups (broad SMARTS) is 1. The summed E-state index contributed by atoms with van der Waals surface area (Å²) < 4.78 is 0. The predicted octanol–water partition coefficient (Wildman–Crippen LogP) is -0.914. The summed E-state index contributed by atoms with van der Waals surface area (Å²) in [5.41, 5.74) is 4.86. The summed E-state index contributed by atoms with van der Waals surface area (Å²) in [6.07, 6.45) is 0.391. The maximum Gasteiger partial charge on any atom is 0.307 e. The molecule has 0 aromatic heterocycles. The van der Waals surface area contributed by atoms with Crippen molar-refractivity contribution in [1.82, 2.24) is 5.32 Å². The fraction of sp³-hybridized carbons (Fsp3) is 0.750. The van der Waals surface area contributed by atoms with E-state index in [1.807, 2.05) is 6.92 Å². The van der Waals surface area contributed by atoms with Crippen LogP contribution >= 0.6 is 0 Å². The van der Waals surface area contributed by atoms with Crippen LogP contribution in [0.5, 0.6) is 0 Å². The molecule has 0 saturated heterocycles. The molecule has 5 N–H and O–H groups in total. The lowest BCUT2D eigenvalue weighted by Crippen LogP contribution is -2.43. The summed E-state index contributed by atoms with van der Waals surface area (Å²) in [6.45, 7) is 1.68. The van der Waals surface area contributed by atoms with Crippen LogP contribution in [0.3, 0.4) is 0 Å². The lowest BCUT2D eigenvalue weighted by Gasteiger charge is -2.16. The zero-order valence-corrected chi connectivity index (χ0v) is 10.8. The van der Waals surface area contributed by atoms with E-state index in [0.717, 1.165) is 6.42 Å². The van der Waals surface area contributed by atoms with E-state index in [4.69, 9.17) is 10.8 Å². The Bertz CT molecular complexity index is 371. The minimum Gasteiger partial charge on any atom is -0.481 e. The maximum absolute atomic E-state index is 11.9. The van der Waals surface area contributed by atoms with Crippen LogP contribution in [0.2, 0.25) is 0 Å². The molecule has 0 aromatic rings. The molecule has 4 unspecified atom stereocenters. The molecule has 0 aliphatic heterocycles. The molecule has 0 spiro atoms. The van der Waals surface area contributed by atoms with E-state index in [0.29, 0.717) is 12.8 Å². The van der Waals surface area contributed by atoms with Crippen LogP contribution in [0.1, 0.15) is 26.2 Å². The van der Waals surface area contributed by atoms with Crippen LogP contribution in [0, 0.1) is 17.8 Å². The molecule has 0 heterocycles. The van der Waals surface area contributed by atoms with E-state index in [1.165, 1.54) is 0 Å². The van der Waals surface area contributed by atoms with Gasteiger partial charge >= 0.3 is 5.97 Å². The van der Waals surface area contributed by atoms with Crippen molar-refractivity contribution in [2.45, 2.75) is 32.3 Å². The Morgan fingerprint density at radius 3 is 2.37 bits per heavy atom. The number of nitrogens with one attached hydrogen (secondary N) is 1. The van der Waals surface area contributed by atoms with Gasteiger partial charge in [-0.05, 0) is 18.8 Å². The molecule has 0 bridgehead atoms. The van der Waals surface area contributed by atoms with E-state index in [9.17, 15) is 19.5 Å². The smallest absolute Gasteiger partial charge is 0.307 e. The Morgan fingerprint density at radius 1 is 1.32 bits per heavy atom. The van der Waals surface area contributed by atoms with E-state index >= 15 is 0 Å². The Kier molecular flexibility index (Phi) is 5.29. The Morgan fingerprint density at radius 2 is 1.89 bits per heavy atom. The third-order valence-electron chi connectivity index (χ3n) is 3.69. The molecule has 1 aliphatic rings. The monoisotopic (exact) mass is 272 g/mol. The highest BCUT2D eigenvalue weighted by Gasteiger charge is 2.42. The van der Waals surface area contributed by atoms with E-state index in [-0.39, 0.29) is 12.5 Å². The molecule has 19 heavy (non-hydrogen) atoms. The lowest BCUT2D eigenvalue weighted by molar-refractivity contribution is -0.146. The van der Waals surface area contributed by atoms with Crippen molar-refractivity contribution in [2.75, 3.05) is 6.54 Å². The van der Waals surface area contributed by atoms with Crippen molar-refractivity contribution in [3.63, 3.8) is 0 Å². The quantitative estimate of drug-likeness (QED) is 0.497. The normalized spacial score (nSPS) is 27.8. The maximum atomic E-state index is 11.9. The second-order valence-electron chi connectivity index (χ2n) is 4.96. The number of hydrogen-bond donors (Lipinski definition) is 4. The van der Waals surface area contributed by atoms with Crippen molar-refractivity contribution in [3.05, 3.63) is 0 Å². The number of rotatable bonds is 6. The van der Waals surface area contributed by atoms with Gasteiger partial charge in [-0.15, -0.1) is 0 Å². The second kappa shape index (κ2) is 6.51. The number of aliphatic hydroxyl groups excluding tert-OH is 1. The molecule has 1 fully saturated rings. The third-order valence-corrected chi connectivity index (χ3v) is 3.69. The molecule has 4 atom stereocenters. The van der Waals surface area contributed by atoms with Crippen molar-refractivity contribution >= 4 is 17.8 Å². The van der Waals surface area contributed by atoms with Crippen molar-refractivity contribution in [1.29, 1.82) is 0 Å². The summed E-state index contributed by atoms with van der Waals surface area (Å²) in [4.78, 5) is 33.7. The summed E-state index contributed by atoms with van der Waals surface area (Å²) in [7, 11) is 0. The largest absolute Gasteiger partial charge is 0.481 e. The average molecular weight is 272 g/mol. The van der Waals surface area contributed by atoms with Crippen LogP contribution in [0.4, 0.5) is 0 Å². The lowest BCUT2D eigenvalue weighted by atomic mass is 9.95. The molecule has 7 nitrogen and oxygen atoms in total. The molecular formula is C12H20N2O5. The average Bonchev–Trinajstić information content (AvgIpc) is 2.79. The molecular weight excluding hydrogens is 252 g/mol. The van der Waals surface area contributed by atoms with E-state index < -0.39 is 35.7 Å². The zero-order valence-electron chi connectivity index (χ0n) is 10.8. The van der Waals surface area contributed by atoms with Gasteiger partial charge in [-0.25, -0.2) is 0 Å². The van der Waals surface area contributed by atoms with Gasteiger partial charge in [0.05, 0.1) is 18.4 Å². The fourth-order valence-electron chi connectivity index (χ4n) is 2.47. The molecule has 1 aliphatic carbocycles. The van der Waals surface area contributed by atoms with Gasteiger partial charge in [-0.1, -0.05) is 13.3 Å². The number of nitrogens with two attached hydrogens (primary N) is 1. The van der Waals surface area contributed by atoms with Crippen LogP contribution < -0.4 is 11.1 Å². The van der Waals surface area contributed by atoms with Crippen LogP contribution in [0.15, 0.2) is 0 Å². The number of carboxylic acids is 1. The number of carbonyl (C=O) groups excluding carboxylic acids is 2. The topological polar surface area (TPSA) is 130 Å². The number of aliphatic carboxylic acids is 1. The minimum atomic E-state index is -1.45. The first-order valence-corrected chi connectivity index (χ1v) is 6.34. The predicted molar refractivity (Wildman–Crippen MR) is 65.8 cm³/mol. The number of carbonyl (C=O) groups is 3. The molecule has 1 saturated carbocycles. The molecule has 1 rings (SSSR count). The Balaban J connectivity index is 2.59. The number of amides is 2. The second-order valence-corrected chi connectivity index (χ2v) is 4.96. The molecule has 0 aromatic carbocycles. The Labute approximate surface area is 111 Å². The van der Waals surface area contributed by atoms with E-state index in [2.05, 4.69) is 5.32 Å². The molecule has 108 valence electrons. The summed E-state index contributed by atoms with van der Waals surface area (Å²) >= 11 is 0. The minimum absolute atomic E-state index is 0.220. The van der Waals surface area contributed by atoms with Crippen LogP contribution in [0.25, 0.3) is 0 Å². The first-order valence-electron chi connectivity index (χ1n) is 6.34.